The Bertz CT molecular complexity index is 426. The third-order valence-corrected chi connectivity index (χ3v) is 1.93. The molecule has 1 aromatic heterocycles. The predicted octanol–water partition coefficient (Wildman–Crippen LogP) is 2.22. The smallest absolute Gasteiger partial charge is 0.140 e. The van der Waals surface area contributed by atoms with Crippen LogP contribution in [-0.4, -0.2) is 17.1 Å². The number of ether oxygens (including phenoxy) is 1. The second kappa shape index (κ2) is 3.49. The molecule has 1 heterocycles. The quantitative estimate of drug-likeness (QED) is 0.792. The van der Waals surface area contributed by atoms with Crippen molar-refractivity contribution in [1.82, 2.24) is 9.97 Å². The molecule has 3 nitrogen and oxygen atoms in total. The first-order valence-electron chi connectivity index (χ1n) is 4.14. The summed E-state index contributed by atoms with van der Waals surface area (Å²) in [5.74, 6) is 0.669. The molecule has 1 N–H and O–H groups in total. The van der Waals surface area contributed by atoms with Crippen LogP contribution in [-0.2, 0) is 0 Å². The summed E-state index contributed by atoms with van der Waals surface area (Å²) in [6.07, 6.45) is 3.23. The highest BCUT2D eigenvalue weighted by atomic mass is 19.1. The number of rotatable bonds is 2. The van der Waals surface area contributed by atoms with Crippen LogP contribution in [0.3, 0.4) is 0 Å². The number of halogens is 1. The van der Waals surface area contributed by atoms with Gasteiger partial charge in [-0.1, -0.05) is 0 Å². The molecule has 0 amide bonds. The number of hydrogen-bond acceptors (Lipinski definition) is 2. The maximum atomic E-state index is 13.5. The van der Waals surface area contributed by atoms with Crippen molar-refractivity contribution in [2.75, 3.05) is 7.11 Å². The number of hydrogen-bond donors (Lipinski definition) is 1. The van der Waals surface area contributed by atoms with E-state index in [2.05, 4.69) is 9.97 Å². The number of H-pyrrole nitrogens is 1. The Hall–Kier alpha value is -1.84. The Morgan fingerprint density at radius 2 is 2.29 bits per heavy atom. The lowest BCUT2D eigenvalue weighted by atomic mass is 10.2. The lowest BCUT2D eigenvalue weighted by molar-refractivity contribution is 0.411. The Kier molecular flexibility index (Phi) is 2.18. The van der Waals surface area contributed by atoms with Gasteiger partial charge in [-0.3, -0.25) is 0 Å². The molecule has 0 fully saturated rings. The molecule has 0 bridgehead atoms. The van der Waals surface area contributed by atoms with Gasteiger partial charge in [-0.2, -0.15) is 0 Å². The number of aromatic nitrogens is 2. The van der Waals surface area contributed by atoms with Gasteiger partial charge in [-0.05, 0) is 12.1 Å². The maximum absolute atomic E-state index is 13.5. The fraction of sp³-hybridized carbons (Fsp3) is 0.100. The van der Waals surface area contributed by atoms with Crippen LogP contribution in [0.1, 0.15) is 0 Å². The van der Waals surface area contributed by atoms with Crippen molar-refractivity contribution >= 4 is 0 Å². The number of methoxy groups -OCH3 is 1. The van der Waals surface area contributed by atoms with Gasteiger partial charge in [0.25, 0.3) is 0 Å². The molecular weight excluding hydrogens is 183 g/mol. The molecule has 0 aliphatic heterocycles. The monoisotopic (exact) mass is 192 g/mol. The van der Waals surface area contributed by atoms with Crippen molar-refractivity contribution in [3.05, 3.63) is 36.4 Å². The summed E-state index contributed by atoms with van der Waals surface area (Å²) in [7, 11) is 1.50. The number of nitrogens with one attached hydrogen (secondary N) is 1. The highest BCUT2D eigenvalue weighted by Gasteiger charge is 2.07. The number of nitrogens with zero attached hydrogens (tertiary/aromatic N) is 1. The summed E-state index contributed by atoms with van der Waals surface area (Å²) in [5.41, 5.74) is 0.441. The van der Waals surface area contributed by atoms with Gasteiger partial charge in [0.1, 0.15) is 17.4 Å². The minimum Gasteiger partial charge on any atom is -0.497 e. The van der Waals surface area contributed by atoms with E-state index >= 15 is 0 Å². The van der Waals surface area contributed by atoms with Crippen LogP contribution in [0.4, 0.5) is 4.39 Å². The molecule has 2 aromatic rings. The van der Waals surface area contributed by atoms with Crippen LogP contribution >= 0.6 is 0 Å². The van der Waals surface area contributed by atoms with E-state index < -0.39 is 0 Å². The van der Waals surface area contributed by atoms with E-state index in [0.717, 1.165) is 0 Å². The van der Waals surface area contributed by atoms with Crippen LogP contribution in [0.15, 0.2) is 30.6 Å². The zero-order valence-corrected chi connectivity index (χ0v) is 7.62. The Labute approximate surface area is 80.6 Å². The lowest BCUT2D eigenvalue weighted by Gasteiger charge is -2.02. The molecule has 0 spiro atoms. The Morgan fingerprint density at radius 1 is 1.43 bits per heavy atom. The van der Waals surface area contributed by atoms with Crippen LogP contribution in [0, 0.1) is 5.82 Å². The largest absolute Gasteiger partial charge is 0.497 e. The van der Waals surface area contributed by atoms with Gasteiger partial charge in [0.05, 0.1) is 12.7 Å². The van der Waals surface area contributed by atoms with Crippen molar-refractivity contribution in [1.29, 1.82) is 0 Å². The van der Waals surface area contributed by atoms with Crippen molar-refractivity contribution in [3.8, 4) is 17.1 Å². The van der Waals surface area contributed by atoms with Crippen LogP contribution in [0.25, 0.3) is 11.4 Å². The standard InChI is InChI=1S/C10H9FN2O/c1-14-7-2-3-8(9(11)6-7)10-12-4-5-13-10/h2-6H,1H3,(H,12,13). The third-order valence-electron chi connectivity index (χ3n) is 1.93. The van der Waals surface area contributed by atoms with Gasteiger partial charge in [0, 0.05) is 18.5 Å². The van der Waals surface area contributed by atoms with E-state index in [1.54, 1.807) is 24.5 Å². The third kappa shape index (κ3) is 1.46. The zero-order chi connectivity index (χ0) is 9.97. The fourth-order valence-corrected chi connectivity index (χ4v) is 1.23. The maximum Gasteiger partial charge on any atom is 0.140 e. The second-order valence-corrected chi connectivity index (χ2v) is 2.78. The first-order valence-corrected chi connectivity index (χ1v) is 4.14. The summed E-state index contributed by atoms with van der Waals surface area (Å²) < 4.78 is 18.4. The van der Waals surface area contributed by atoms with Gasteiger partial charge >= 0.3 is 0 Å². The molecule has 2 rings (SSSR count). The number of imidazole rings is 1. The fourth-order valence-electron chi connectivity index (χ4n) is 1.23. The number of benzene rings is 1. The van der Waals surface area contributed by atoms with Crippen molar-refractivity contribution < 1.29 is 9.13 Å². The van der Waals surface area contributed by atoms with E-state index in [9.17, 15) is 4.39 Å². The molecule has 14 heavy (non-hydrogen) atoms. The topological polar surface area (TPSA) is 37.9 Å². The molecule has 4 heteroatoms. The first kappa shape index (κ1) is 8.74. The normalized spacial score (nSPS) is 10.1. The molecule has 72 valence electrons. The summed E-state index contributed by atoms with van der Waals surface area (Å²) in [6, 6.07) is 4.66. The average Bonchev–Trinajstić information content (AvgIpc) is 2.70. The molecule has 0 aliphatic rings. The minimum atomic E-state index is -0.348. The summed E-state index contributed by atoms with van der Waals surface area (Å²) in [5, 5.41) is 0. The Morgan fingerprint density at radius 3 is 2.86 bits per heavy atom. The first-order chi connectivity index (χ1) is 6.81. The van der Waals surface area contributed by atoms with Gasteiger partial charge in [-0.15, -0.1) is 0 Å². The zero-order valence-electron chi connectivity index (χ0n) is 7.62. The summed E-state index contributed by atoms with van der Waals surface area (Å²) >= 11 is 0. The molecule has 0 unspecified atom stereocenters. The van der Waals surface area contributed by atoms with E-state index in [-0.39, 0.29) is 5.82 Å². The number of aromatic amines is 1. The van der Waals surface area contributed by atoms with E-state index in [0.29, 0.717) is 17.1 Å². The summed E-state index contributed by atoms with van der Waals surface area (Å²) in [6.45, 7) is 0. The van der Waals surface area contributed by atoms with E-state index in [1.807, 2.05) is 0 Å². The predicted molar refractivity (Wildman–Crippen MR) is 50.5 cm³/mol. The van der Waals surface area contributed by atoms with Gasteiger partial charge in [0.2, 0.25) is 0 Å². The van der Waals surface area contributed by atoms with Crippen LogP contribution < -0.4 is 4.74 Å². The van der Waals surface area contributed by atoms with Gasteiger partial charge in [0.15, 0.2) is 0 Å². The highest BCUT2D eigenvalue weighted by Crippen LogP contribution is 2.22. The van der Waals surface area contributed by atoms with Gasteiger partial charge in [-0.25, -0.2) is 9.37 Å². The van der Waals surface area contributed by atoms with E-state index in [1.165, 1.54) is 13.2 Å². The second-order valence-electron chi connectivity index (χ2n) is 2.78. The Balaban J connectivity index is 2.46. The molecule has 0 saturated heterocycles. The molecule has 1 aromatic carbocycles. The molecule has 0 atom stereocenters. The van der Waals surface area contributed by atoms with Crippen LogP contribution in [0.5, 0.6) is 5.75 Å². The van der Waals surface area contributed by atoms with Crippen LogP contribution in [0.2, 0.25) is 0 Å². The minimum absolute atomic E-state index is 0.348. The molecule has 0 saturated carbocycles. The highest BCUT2D eigenvalue weighted by molar-refractivity contribution is 5.57. The van der Waals surface area contributed by atoms with Gasteiger partial charge < -0.3 is 9.72 Å². The van der Waals surface area contributed by atoms with Crippen molar-refractivity contribution in [2.45, 2.75) is 0 Å². The van der Waals surface area contributed by atoms with E-state index in [4.69, 9.17) is 4.74 Å². The lowest BCUT2D eigenvalue weighted by Crippen LogP contribution is -1.89. The van der Waals surface area contributed by atoms with Crippen molar-refractivity contribution in [2.24, 2.45) is 0 Å². The average molecular weight is 192 g/mol. The van der Waals surface area contributed by atoms with Crippen molar-refractivity contribution in [3.63, 3.8) is 0 Å². The molecule has 0 aliphatic carbocycles. The molecular formula is C10H9FN2O. The summed E-state index contributed by atoms with van der Waals surface area (Å²) in [4.78, 5) is 6.81. The molecule has 0 radical (unpaired) electrons. The SMILES string of the molecule is COc1ccc(-c2ncc[nH]2)c(F)c1.